The molecule has 0 fully saturated rings. The van der Waals surface area contributed by atoms with Gasteiger partial charge in [0.15, 0.2) is 5.13 Å². The van der Waals surface area contributed by atoms with Gasteiger partial charge in [0.05, 0.1) is 20.8 Å². The molecular weight excluding hydrogens is 331 g/mol. The highest BCUT2D eigenvalue weighted by atomic mass is 35.5. The normalized spacial score (nSPS) is 10.8. The van der Waals surface area contributed by atoms with Gasteiger partial charge in [-0.05, 0) is 24.3 Å². The minimum absolute atomic E-state index is 0.183. The Morgan fingerprint density at radius 2 is 2.10 bits per heavy atom. The number of pyridine rings is 1. The van der Waals surface area contributed by atoms with E-state index in [1.165, 1.54) is 23.6 Å². The molecule has 0 unspecified atom stereocenters. The van der Waals surface area contributed by atoms with Crippen molar-refractivity contribution >= 4 is 61.6 Å². The molecule has 0 atom stereocenters. The maximum atomic E-state index is 12.1. The average Bonchev–Trinajstić information content (AvgIpc) is 2.83. The minimum Gasteiger partial charge on any atom is -0.382 e. The van der Waals surface area contributed by atoms with Gasteiger partial charge < -0.3 is 5.73 Å². The molecule has 3 rings (SSSR count). The van der Waals surface area contributed by atoms with Crippen LogP contribution in [-0.4, -0.2) is 15.9 Å². The van der Waals surface area contributed by atoms with E-state index in [0.717, 1.165) is 10.2 Å². The molecule has 2 aromatic heterocycles. The van der Waals surface area contributed by atoms with E-state index in [1.807, 2.05) is 0 Å². The summed E-state index contributed by atoms with van der Waals surface area (Å²) in [6.45, 7) is 0. The predicted molar refractivity (Wildman–Crippen MR) is 86.2 cm³/mol. The molecule has 8 heteroatoms. The number of nitrogens with zero attached hydrogens (tertiary/aromatic N) is 2. The molecule has 0 spiro atoms. The van der Waals surface area contributed by atoms with E-state index < -0.39 is 0 Å². The molecule has 1 aromatic carbocycles. The number of carbonyl (C=O) groups excluding carboxylic acids is 1. The predicted octanol–water partition coefficient (Wildman–Crippen LogP) is 3.83. The number of hydrogen-bond donors (Lipinski definition) is 2. The highest BCUT2D eigenvalue weighted by Crippen LogP contribution is 2.28. The van der Waals surface area contributed by atoms with Crippen LogP contribution >= 0.6 is 34.5 Å². The van der Waals surface area contributed by atoms with E-state index in [1.54, 1.807) is 18.2 Å². The molecule has 0 saturated heterocycles. The molecular formula is C13H8Cl2N4OS. The first-order valence-corrected chi connectivity index (χ1v) is 7.38. The van der Waals surface area contributed by atoms with Gasteiger partial charge in [-0.1, -0.05) is 34.5 Å². The number of halogens is 2. The first-order chi connectivity index (χ1) is 10.0. The lowest BCUT2D eigenvalue weighted by Crippen LogP contribution is -2.12. The third kappa shape index (κ3) is 2.92. The van der Waals surface area contributed by atoms with Gasteiger partial charge in [-0.25, -0.2) is 9.97 Å². The van der Waals surface area contributed by atoms with Crippen molar-refractivity contribution in [1.29, 1.82) is 0 Å². The molecule has 0 aliphatic carbocycles. The van der Waals surface area contributed by atoms with Gasteiger partial charge in [-0.2, -0.15) is 0 Å². The van der Waals surface area contributed by atoms with Crippen molar-refractivity contribution in [1.82, 2.24) is 9.97 Å². The van der Waals surface area contributed by atoms with Crippen LogP contribution in [0.25, 0.3) is 10.2 Å². The van der Waals surface area contributed by atoms with E-state index in [2.05, 4.69) is 15.3 Å². The lowest BCUT2D eigenvalue weighted by molar-refractivity contribution is 0.102. The largest absolute Gasteiger partial charge is 0.382 e. The summed E-state index contributed by atoms with van der Waals surface area (Å²) in [6.07, 6.45) is 1.36. The molecule has 106 valence electrons. The molecule has 0 aliphatic heterocycles. The van der Waals surface area contributed by atoms with Crippen LogP contribution < -0.4 is 11.1 Å². The van der Waals surface area contributed by atoms with Crippen LogP contribution in [0.1, 0.15) is 10.4 Å². The second kappa shape index (κ2) is 5.48. The van der Waals surface area contributed by atoms with Crippen LogP contribution in [-0.2, 0) is 0 Å². The molecule has 0 bridgehead atoms. The maximum absolute atomic E-state index is 12.1. The summed E-state index contributed by atoms with van der Waals surface area (Å²) in [5.41, 5.74) is 6.59. The third-order valence-electron chi connectivity index (χ3n) is 2.70. The topological polar surface area (TPSA) is 80.9 Å². The monoisotopic (exact) mass is 338 g/mol. The van der Waals surface area contributed by atoms with Gasteiger partial charge in [-0.15, -0.1) is 0 Å². The lowest BCUT2D eigenvalue weighted by Gasteiger charge is -2.02. The van der Waals surface area contributed by atoms with Crippen molar-refractivity contribution in [2.75, 3.05) is 11.1 Å². The summed E-state index contributed by atoms with van der Waals surface area (Å²) >= 11 is 13.1. The van der Waals surface area contributed by atoms with Crippen LogP contribution in [0.2, 0.25) is 10.0 Å². The van der Waals surface area contributed by atoms with Crippen LogP contribution in [0.15, 0.2) is 30.5 Å². The van der Waals surface area contributed by atoms with Gasteiger partial charge in [0.25, 0.3) is 5.91 Å². The van der Waals surface area contributed by atoms with E-state index in [9.17, 15) is 4.79 Å². The number of carbonyl (C=O) groups is 1. The minimum atomic E-state index is -0.352. The Bertz CT molecular complexity index is 849. The number of amides is 1. The van der Waals surface area contributed by atoms with Crippen LogP contribution in [0, 0.1) is 0 Å². The van der Waals surface area contributed by atoms with Crippen molar-refractivity contribution < 1.29 is 4.79 Å². The number of aromatic nitrogens is 2. The highest BCUT2D eigenvalue weighted by molar-refractivity contribution is 7.22. The fourth-order valence-electron chi connectivity index (χ4n) is 1.69. The number of fused-ring (bicyclic) bond motifs is 1. The van der Waals surface area contributed by atoms with Crippen molar-refractivity contribution in [3.8, 4) is 0 Å². The first-order valence-electron chi connectivity index (χ1n) is 5.81. The number of nitrogens with one attached hydrogen (secondary N) is 1. The van der Waals surface area contributed by atoms with Crippen LogP contribution in [0.4, 0.5) is 10.9 Å². The Kier molecular flexibility index (Phi) is 3.67. The standard InChI is InChI=1S/C13H8Cl2N4OS/c14-7-1-2-9-10(4-7)21-13(18-9)19-12(20)6-3-8(15)11(16)17-5-6/h1-5H,(H2,16,17)(H,18,19,20). The Morgan fingerprint density at radius 3 is 2.86 bits per heavy atom. The molecule has 0 saturated carbocycles. The fourth-order valence-corrected chi connectivity index (χ4v) is 3.00. The Hall–Kier alpha value is -1.89. The van der Waals surface area contributed by atoms with E-state index in [4.69, 9.17) is 28.9 Å². The number of nitrogen functional groups attached to an aromatic ring is 1. The molecule has 0 radical (unpaired) electrons. The van der Waals surface area contributed by atoms with Crippen molar-refractivity contribution in [3.05, 3.63) is 46.1 Å². The number of anilines is 2. The smallest absolute Gasteiger partial charge is 0.259 e. The fraction of sp³-hybridized carbons (Fsp3) is 0. The van der Waals surface area contributed by atoms with Gasteiger partial charge in [-0.3, -0.25) is 10.1 Å². The average molecular weight is 339 g/mol. The summed E-state index contributed by atoms with van der Waals surface area (Å²) < 4.78 is 0.895. The Labute approximate surface area is 133 Å². The number of rotatable bonds is 2. The van der Waals surface area contributed by atoms with E-state index in [0.29, 0.717) is 15.7 Å². The van der Waals surface area contributed by atoms with Crippen LogP contribution in [0.5, 0.6) is 0 Å². The van der Waals surface area contributed by atoms with Gasteiger partial charge in [0.2, 0.25) is 0 Å². The lowest BCUT2D eigenvalue weighted by atomic mass is 10.2. The third-order valence-corrected chi connectivity index (χ3v) is 4.17. The van der Waals surface area contributed by atoms with Gasteiger partial charge in [0.1, 0.15) is 5.82 Å². The molecule has 1 amide bonds. The molecule has 5 nitrogen and oxygen atoms in total. The molecule has 2 heterocycles. The van der Waals surface area contributed by atoms with Crippen molar-refractivity contribution in [2.45, 2.75) is 0 Å². The number of thiazole rings is 1. The number of nitrogens with two attached hydrogens (primary N) is 1. The number of benzene rings is 1. The van der Waals surface area contributed by atoms with Gasteiger partial charge >= 0.3 is 0 Å². The molecule has 0 aliphatic rings. The summed E-state index contributed by atoms with van der Waals surface area (Å²) in [5.74, 6) is -0.169. The van der Waals surface area contributed by atoms with Gasteiger partial charge in [0, 0.05) is 11.2 Å². The highest BCUT2D eigenvalue weighted by Gasteiger charge is 2.12. The molecule has 3 aromatic rings. The van der Waals surface area contributed by atoms with E-state index in [-0.39, 0.29) is 16.7 Å². The second-order valence-electron chi connectivity index (χ2n) is 4.18. The first kappa shape index (κ1) is 14.1. The van der Waals surface area contributed by atoms with Crippen molar-refractivity contribution in [2.24, 2.45) is 0 Å². The Balaban J connectivity index is 1.87. The SMILES string of the molecule is Nc1ncc(C(=O)Nc2nc3ccc(Cl)cc3s2)cc1Cl. The molecule has 3 N–H and O–H groups in total. The number of hydrogen-bond acceptors (Lipinski definition) is 5. The van der Waals surface area contributed by atoms with Crippen molar-refractivity contribution in [3.63, 3.8) is 0 Å². The quantitative estimate of drug-likeness (QED) is 0.743. The summed E-state index contributed by atoms with van der Waals surface area (Å²) in [7, 11) is 0. The summed E-state index contributed by atoms with van der Waals surface area (Å²) in [6, 6.07) is 6.81. The van der Waals surface area contributed by atoms with Crippen LogP contribution in [0.3, 0.4) is 0 Å². The zero-order valence-electron chi connectivity index (χ0n) is 10.4. The summed E-state index contributed by atoms with van der Waals surface area (Å²) in [5, 5.41) is 4.04. The Morgan fingerprint density at radius 1 is 1.29 bits per heavy atom. The zero-order chi connectivity index (χ0) is 15.0. The maximum Gasteiger partial charge on any atom is 0.259 e. The summed E-state index contributed by atoms with van der Waals surface area (Å²) in [4.78, 5) is 20.3. The second-order valence-corrected chi connectivity index (χ2v) is 6.05. The zero-order valence-corrected chi connectivity index (χ0v) is 12.8. The van der Waals surface area contributed by atoms with E-state index >= 15 is 0 Å². The molecule has 21 heavy (non-hydrogen) atoms.